The average Bonchev–Trinajstić information content (AvgIpc) is 2.22. The molecule has 1 fully saturated rings. The van der Waals surface area contributed by atoms with Crippen molar-refractivity contribution in [1.29, 1.82) is 0 Å². The maximum Gasteiger partial charge on any atom is 0.157 e. The Labute approximate surface area is 63.9 Å². The molecule has 0 aromatic carbocycles. The molecule has 1 rings (SSSR count). The highest BCUT2D eigenvalue weighted by Crippen LogP contribution is 2.23. The van der Waals surface area contributed by atoms with Gasteiger partial charge >= 0.3 is 0 Å². The van der Waals surface area contributed by atoms with Crippen LogP contribution in [0.5, 0.6) is 0 Å². The summed E-state index contributed by atoms with van der Waals surface area (Å²) < 4.78 is 4.68. The molecule has 0 amide bonds. The average molecular weight is 177 g/mol. The van der Waals surface area contributed by atoms with Gasteiger partial charge in [-0.25, -0.2) is 0 Å². The third kappa shape index (κ3) is 4.98. The Hall–Kier alpha value is 0.830. The molecule has 0 spiro atoms. The second-order valence-corrected chi connectivity index (χ2v) is 2.53. The maximum atomic E-state index is 5.31. The molecule has 0 saturated carbocycles. The minimum atomic E-state index is 0.0231. The molecule has 0 bridgehead atoms. The number of rotatable bonds is 0. The highest BCUT2D eigenvalue weighted by Gasteiger charge is 2.30. The Bertz CT molecular complexity index is 53.2. The molecule has 0 N–H and O–H groups in total. The fraction of sp³-hybridized carbons (Fsp3) is 1.00. The van der Waals surface area contributed by atoms with Crippen molar-refractivity contribution >= 4 is 34.8 Å². The lowest BCUT2D eigenvalue weighted by molar-refractivity contribution is 0.411. The van der Waals surface area contributed by atoms with Gasteiger partial charge in [-0.2, -0.15) is 0 Å². The van der Waals surface area contributed by atoms with Gasteiger partial charge in [0.2, 0.25) is 0 Å². The van der Waals surface area contributed by atoms with Crippen molar-refractivity contribution in [2.75, 3.05) is 5.34 Å². The van der Waals surface area contributed by atoms with E-state index in [1.807, 2.05) is 6.92 Å². The van der Waals surface area contributed by atoms with Crippen LogP contribution < -0.4 is 0 Å². The molecule has 4 heteroatoms. The van der Waals surface area contributed by atoms with Gasteiger partial charge in [-0.15, -0.1) is 23.2 Å². The number of alkyl halides is 3. The van der Waals surface area contributed by atoms with Gasteiger partial charge in [0.25, 0.3) is 0 Å². The summed E-state index contributed by atoms with van der Waals surface area (Å²) in [5, 5.41) is 0.194. The Morgan fingerprint density at radius 1 is 1.50 bits per heavy atom. The van der Waals surface area contributed by atoms with E-state index in [9.17, 15) is 0 Å². The largest absolute Gasteiger partial charge is 0.353 e. The number of hydrogen-bond acceptors (Lipinski definition) is 1. The van der Waals surface area contributed by atoms with E-state index >= 15 is 0 Å². The van der Waals surface area contributed by atoms with Gasteiger partial charge in [-0.3, -0.25) is 0 Å². The zero-order valence-corrected chi connectivity index (χ0v) is 6.67. The summed E-state index contributed by atoms with van der Waals surface area (Å²) in [7, 11) is 0. The van der Waals surface area contributed by atoms with E-state index in [-0.39, 0.29) is 10.9 Å². The van der Waals surface area contributed by atoms with Crippen LogP contribution in [-0.2, 0) is 4.74 Å². The van der Waals surface area contributed by atoms with E-state index in [0.717, 1.165) is 0 Å². The van der Waals surface area contributed by atoms with Crippen LogP contribution in [0.2, 0.25) is 0 Å². The van der Waals surface area contributed by atoms with Gasteiger partial charge < -0.3 is 4.74 Å². The Morgan fingerprint density at radius 2 is 1.62 bits per heavy atom. The molecular formula is C4H7Cl3O. The van der Waals surface area contributed by atoms with Crippen LogP contribution in [0.25, 0.3) is 0 Å². The topological polar surface area (TPSA) is 12.5 Å². The first kappa shape index (κ1) is 8.83. The van der Waals surface area contributed by atoms with E-state index in [1.54, 1.807) is 0 Å². The van der Waals surface area contributed by atoms with Crippen LogP contribution >= 0.6 is 34.8 Å². The second-order valence-electron chi connectivity index (χ2n) is 1.29. The normalized spacial score (nSPS) is 33.0. The fourth-order valence-corrected chi connectivity index (χ4v) is 0.322. The summed E-state index contributed by atoms with van der Waals surface area (Å²) in [5.41, 5.74) is 0.0231. The van der Waals surface area contributed by atoms with Crippen LogP contribution in [0.4, 0.5) is 0 Å². The number of epoxide rings is 1. The quantitative estimate of drug-likeness (QED) is 0.409. The van der Waals surface area contributed by atoms with Crippen molar-refractivity contribution in [3.8, 4) is 0 Å². The first-order chi connectivity index (χ1) is 3.72. The van der Waals surface area contributed by atoms with Crippen LogP contribution in [0.1, 0.15) is 6.92 Å². The van der Waals surface area contributed by atoms with E-state index in [4.69, 9.17) is 34.8 Å². The lowest BCUT2D eigenvalue weighted by atomic mass is 10.6. The van der Waals surface area contributed by atoms with Crippen molar-refractivity contribution in [1.82, 2.24) is 0 Å². The van der Waals surface area contributed by atoms with Crippen LogP contribution in [0, 0.1) is 0 Å². The molecule has 0 aromatic rings. The van der Waals surface area contributed by atoms with Crippen molar-refractivity contribution in [3.05, 3.63) is 0 Å². The summed E-state index contributed by atoms with van der Waals surface area (Å²) in [6, 6.07) is 0. The minimum absolute atomic E-state index is 0.0231. The van der Waals surface area contributed by atoms with Crippen molar-refractivity contribution in [2.24, 2.45) is 0 Å². The molecular weight excluding hydrogens is 170 g/mol. The maximum absolute atomic E-state index is 5.31. The van der Waals surface area contributed by atoms with Gasteiger partial charge in [0.1, 0.15) is 0 Å². The predicted molar refractivity (Wildman–Crippen MR) is 36.8 cm³/mol. The zero-order valence-electron chi connectivity index (χ0n) is 4.40. The number of ether oxygens (including phenoxy) is 1. The molecule has 0 radical (unpaired) electrons. The predicted octanol–water partition coefficient (Wildman–Crippen LogP) is 2.39. The molecule has 1 nitrogen and oxygen atoms in total. The molecule has 1 aliphatic heterocycles. The zero-order chi connectivity index (χ0) is 6.57. The summed E-state index contributed by atoms with van der Waals surface area (Å²) in [6.07, 6.45) is 0.316. The van der Waals surface area contributed by atoms with Crippen LogP contribution in [0.15, 0.2) is 0 Å². The standard InChI is InChI=1S/C3H5ClO.CH2Cl2/c1-2-3(4)5-2;2-1-3/h2-3H,1H3;1H2. The van der Waals surface area contributed by atoms with Crippen molar-refractivity contribution < 1.29 is 4.74 Å². The van der Waals surface area contributed by atoms with Gasteiger partial charge in [0, 0.05) is 0 Å². The monoisotopic (exact) mass is 176 g/mol. The Morgan fingerprint density at radius 3 is 1.62 bits per heavy atom. The first-order valence-electron chi connectivity index (χ1n) is 2.13. The van der Waals surface area contributed by atoms with E-state index in [1.165, 1.54) is 0 Å². The van der Waals surface area contributed by atoms with Gasteiger partial charge in [0.05, 0.1) is 11.4 Å². The molecule has 50 valence electrons. The molecule has 2 unspecified atom stereocenters. The third-order valence-corrected chi connectivity index (χ3v) is 1.09. The van der Waals surface area contributed by atoms with Crippen LogP contribution in [0.3, 0.4) is 0 Å². The Balaban J connectivity index is 0.000000145. The summed E-state index contributed by atoms with van der Waals surface area (Å²) in [4.78, 5) is 0. The van der Waals surface area contributed by atoms with Crippen LogP contribution in [-0.4, -0.2) is 17.0 Å². The van der Waals surface area contributed by atoms with Crippen molar-refractivity contribution in [3.63, 3.8) is 0 Å². The molecule has 1 saturated heterocycles. The molecule has 1 aliphatic rings. The fourth-order valence-electron chi connectivity index (χ4n) is 0.160. The summed E-state index contributed by atoms with van der Waals surface area (Å²) >= 11 is 14.8. The van der Waals surface area contributed by atoms with Gasteiger partial charge in [-0.1, -0.05) is 11.6 Å². The van der Waals surface area contributed by atoms with E-state index < -0.39 is 0 Å². The lowest BCUT2D eigenvalue weighted by Gasteiger charge is -1.55. The number of hydrogen-bond donors (Lipinski definition) is 0. The minimum Gasteiger partial charge on any atom is -0.353 e. The third-order valence-electron chi connectivity index (χ3n) is 0.637. The lowest BCUT2D eigenvalue weighted by Crippen LogP contribution is -1.69. The molecule has 8 heavy (non-hydrogen) atoms. The summed E-state index contributed by atoms with van der Waals surface area (Å²) in [5.74, 6) is 0. The van der Waals surface area contributed by atoms with Gasteiger partial charge in [-0.05, 0) is 6.92 Å². The van der Waals surface area contributed by atoms with E-state index in [0.29, 0.717) is 6.10 Å². The van der Waals surface area contributed by atoms with E-state index in [2.05, 4.69) is 4.74 Å². The molecule has 0 aliphatic carbocycles. The van der Waals surface area contributed by atoms with Crippen molar-refractivity contribution in [2.45, 2.75) is 18.6 Å². The molecule has 0 aromatic heterocycles. The first-order valence-corrected chi connectivity index (χ1v) is 3.64. The smallest absolute Gasteiger partial charge is 0.157 e. The second kappa shape index (κ2) is 4.68. The molecule has 2 atom stereocenters. The highest BCUT2D eigenvalue weighted by molar-refractivity contribution is 6.40. The highest BCUT2D eigenvalue weighted by atomic mass is 35.5. The summed E-state index contributed by atoms with van der Waals surface area (Å²) in [6.45, 7) is 1.94. The Kier molecular flexibility index (Phi) is 5.17. The molecule has 1 heterocycles. The SMILES string of the molecule is CC1OC1Cl.ClCCl. The van der Waals surface area contributed by atoms with Gasteiger partial charge in [0.15, 0.2) is 5.56 Å². The number of halogens is 3.